The second kappa shape index (κ2) is 7.31. The van der Waals surface area contributed by atoms with Gasteiger partial charge in [0.2, 0.25) is 5.91 Å². The molecule has 0 aromatic heterocycles. The van der Waals surface area contributed by atoms with Crippen LogP contribution in [0.3, 0.4) is 0 Å². The van der Waals surface area contributed by atoms with Gasteiger partial charge in [-0.2, -0.15) is 0 Å². The van der Waals surface area contributed by atoms with Gasteiger partial charge in [0, 0.05) is 20.1 Å². The van der Waals surface area contributed by atoms with Crippen LogP contribution >= 0.6 is 0 Å². The predicted octanol–water partition coefficient (Wildman–Crippen LogP) is 1.63. The van der Waals surface area contributed by atoms with Crippen LogP contribution in [0.2, 0.25) is 0 Å². The van der Waals surface area contributed by atoms with Gasteiger partial charge in [0.1, 0.15) is 6.61 Å². The number of benzene rings is 1. The van der Waals surface area contributed by atoms with Crippen LogP contribution in [0.15, 0.2) is 24.3 Å². The van der Waals surface area contributed by atoms with Crippen molar-refractivity contribution in [3.8, 4) is 11.5 Å². The first-order chi connectivity index (χ1) is 10.1. The normalized spacial score (nSPS) is 18.4. The number of rotatable bonds is 7. The minimum absolute atomic E-state index is 0.0132. The second-order valence-corrected chi connectivity index (χ2v) is 5.27. The molecule has 0 unspecified atom stereocenters. The highest BCUT2D eigenvalue weighted by Gasteiger charge is 2.31. The summed E-state index contributed by atoms with van der Waals surface area (Å²) in [6.45, 7) is 4.65. The average Bonchev–Trinajstić information content (AvgIpc) is 2.81. The van der Waals surface area contributed by atoms with Crippen LogP contribution in [0, 0.1) is 0 Å². The summed E-state index contributed by atoms with van der Waals surface area (Å²) in [4.78, 5) is 15.8. The summed E-state index contributed by atoms with van der Waals surface area (Å²) in [5, 5.41) is 0. The summed E-state index contributed by atoms with van der Waals surface area (Å²) in [5.74, 6) is 1.72. The van der Waals surface area contributed by atoms with Gasteiger partial charge in [-0.1, -0.05) is 12.1 Å². The van der Waals surface area contributed by atoms with Gasteiger partial charge in [0.25, 0.3) is 0 Å². The molecule has 0 N–H and O–H groups in total. The van der Waals surface area contributed by atoms with Crippen molar-refractivity contribution in [1.82, 2.24) is 9.80 Å². The third-order valence-corrected chi connectivity index (χ3v) is 3.78. The van der Waals surface area contributed by atoms with Crippen molar-refractivity contribution in [2.75, 3.05) is 40.4 Å². The Bertz CT molecular complexity index is 478. The molecule has 1 aliphatic heterocycles. The first-order valence-corrected chi connectivity index (χ1v) is 7.43. The summed E-state index contributed by atoms with van der Waals surface area (Å²) in [6, 6.07) is 7.65. The summed E-state index contributed by atoms with van der Waals surface area (Å²) < 4.78 is 11.3. The number of hydrogen-bond acceptors (Lipinski definition) is 4. The van der Waals surface area contributed by atoms with Crippen molar-refractivity contribution >= 4 is 5.91 Å². The van der Waals surface area contributed by atoms with Gasteiger partial charge >= 0.3 is 0 Å². The molecule has 0 saturated carbocycles. The fourth-order valence-corrected chi connectivity index (χ4v) is 2.51. The molecule has 1 aliphatic rings. The Morgan fingerprint density at radius 2 is 1.95 bits per heavy atom. The topological polar surface area (TPSA) is 42.0 Å². The molecule has 0 radical (unpaired) electrons. The highest BCUT2D eigenvalue weighted by atomic mass is 16.5. The molecule has 1 heterocycles. The number of carbonyl (C=O) groups excluding carboxylic acids is 1. The zero-order chi connectivity index (χ0) is 15.2. The maximum absolute atomic E-state index is 11.9. The van der Waals surface area contributed by atoms with Crippen LogP contribution in [-0.2, 0) is 4.79 Å². The van der Waals surface area contributed by atoms with E-state index < -0.39 is 0 Å². The molecule has 1 fully saturated rings. The molecule has 1 aromatic rings. The number of likely N-dealkylation sites (N-methyl/N-ethyl adjacent to an activating group) is 2. The number of amides is 1. The van der Waals surface area contributed by atoms with Crippen molar-refractivity contribution in [2.24, 2.45) is 0 Å². The Balaban J connectivity index is 1.83. The maximum atomic E-state index is 11.9. The van der Waals surface area contributed by atoms with Crippen molar-refractivity contribution in [3.05, 3.63) is 24.3 Å². The van der Waals surface area contributed by atoms with E-state index >= 15 is 0 Å². The van der Waals surface area contributed by atoms with Crippen molar-refractivity contribution in [2.45, 2.75) is 19.4 Å². The van der Waals surface area contributed by atoms with Crippen LogP contribution in [0.1, 0.15) is 13.3 Å². The van der Waals surface area contributed by atoms with Crippen LogP contribution in [-0.4, -0.2) is 62.1 Å². The van der Waals surface area contributed by atoms with Crippen LogP contribution in [0.25, 0.3) is 0 Å². The standard InChI is InChI=1S/C16H24N2O3/c1-4-20-14-7-5-6-8-15(14)21-12-11-17(2)13-9-10-18(3)16(13)19/h5-8,13H,4,9-12H2,1-3H3/t13-/m0/s1. The molecule has 116 valence electrons. The SMILES string of the molecule is CCOc1ccccc1OCCN(C)[C@H]1CCN(C)C1=O. The van der Waals surface area contributed by atoms with E-state index in [-0.39, 0.29) is 11.9 Å². The molecule has 5 nitrogen and oxygen atoms in total. The minimum atomic E-state index is -0.0132. The fourth-order valence-electron chi connectivity index (χ4n) is 2.51. The Kier molecular flexibility index (Phi) is 5.44. The molecule has 0 bridgehead atoms. The molecular weight excluding hydrogens is 268 g/mol. The Hall–Kier alpha value is -1.75. The van der Waals surface area contributed by atoms with E-state index in [2.05, 4.69) is 4.90 Å². The summed E-state index contributed by atoms with van der Waals surface area (Å²) in [7, 11) is 3.82. The van der Waals surface area contributed by atoms with Crippen LogP contribution in [0.4, 0.5) is 0 Å². The molecule has 1 atom stereocenters. The Labute approximate surface area is 126 Å². The van der Waals surface area contributed by atoms with Gasteiger partial charge < -0.3 is 14.4 Å². The minimum Gasteiger partial charge on any atom is -0.490 e. The van der Waals surface area contributed by atoms with Gasteiger partial charge in [0.15, 0.2) is 11.5 Å². The van der Waals surface area contributed by atoms with E-state index in [1.54, 1.807) is 4.90 Å². The van der Waals surface area contributed by atoms with E-state index in [1.165, 1.54) is 0 Å². The number of ether oxygens (including phenoxy) is 2. The van der Waals surface area contributed by atoms with Crippen molar-refractivity contribution in [1.29, 1.82) is 0 Å². The summed E-state index contributed by atoms with van der Waals surface area (Å²) in [6.07, 6.45) is 0.890. The lowest BCUT2D eigenvalue weighted by molar-refractivity contribution is -0.130. The largest absolute Gasteiger partial charge is 0.490 e. The van der Waals surface area contributed by atoms with E-state index in [0.717, 1.165) is 24.5 Å². The summed E-state index contributed by atoms with van der Waals surface area (Å²) >= 11 is 0. The van der Waals surface area contributed by atoms with Gasteiger partial charge in [0.05, 0.1) is 12.6 Å². The maximum Gasteiger partial charge on any atom is 0.239 e. The molecule has 21 heavy (non-hydrogen) atoms. The molecular formula is C16H24N2O3. The highest BCUT2D eigenvalue weighted by Crippen LogP contribution is 2.26. The molecule has 1 saturated heterocycles. The monoisotopic (exact) mass is 292 g/mol. The smallest absolute Gasteiger partial charge is 0.239 e. The molecule has 0 spiro atoms. The highest BCUT2D eigenvalue weighted by molar-refractivity contribution is 5.83. The van der Waals surface area contributed by atoms with Gasteiger partial charge in [-0.15, -0.1) is 0 Å². The van der Waals surface area contributed by atoms with Crippen LogP contribution in [0.5, 0.6) is 11.5 Å². The van der Waals surface area contributed by atoms with Crippen LogP contribution < -0.4 is 9.47 Å². The number of para-hydroxylation sites is 2. The van der Waals surface area contributed by atoms with E-state index in [0.29, 0.717) is 19.8 Å². The third kappa shape index (κ3) is 3.88. The van der Waals surface area contributed by atoms with E-state index in [9.17, 15) is 4.79 Å². The van der Waals surface area contributed by atoms with E-state index in [1.807, 2.05) is 45.3 Å². The van der Waals surface area contributed by atoms with Crippen molar-refractivity contribution < 1.29 is 14.3 Å². The van der Waals surface area contributed by atoms with Gasteiger partial charge in [-0.3, -0.25) is 9.69 Å². The first-order valence-electron chi connectivity index (χ1n) is 7.43. The lowest BCUT2D eigenvalue weighted by Gasteiger charge is -2.23. The Morgan fingerprint density at radius 3 is 2.52 bits per heavy atom. The average molecular weight is 292 g/mol. The lowest BCUT2D eigenvalue weighted by Crippen LogP contribution is -2.40. The van der Waals surface area contributed by atoms with Gasteiger partial charge in [-0.25, -0.2) is 0 Å². The Morgan fingerprint density at radius 1 is 1.29 bits per heavy atom. The second-order valence-electron chi connectivity index (χ2n) is 5.27. The lowest BCUT2D eigenvalue weighted by atomic mass is 10.2. The molecule has 1 amide bonds. The van der Waals surface area contributed by atoms with Crippen molar-refractivity contribution in [3.63, 3.8) is 0 Å². The predicted molar refractivity (Wildman–Crippen MR) is 81.8 cm³/mol. The quantitative estimate of drug-likeness (QED) is 0.766. The fraction of sp³-hybridized carbons (Fsp3) is 0.562. The molecule has 5 heteroatoms. The summed E-state index contributed by atoms with van der Waals surface area (Å²) in [5.41, 5.74) is 0. The number of nitrogens with zero attached hydrogens (tertiary/aromatic N) is 2. The van der Waals surface area contributed by atoms with Gasteiger partial charge in [-0.05, 0) is 32.5 Å². The molecule has 1 aromatic carbocycles. The third-order valence-electron chi connectivity index (χ3n) is 3.78. The molecule has 0 aliphatic carbocycles. The number of carbonyl (C=O) groups is 1. The first kappa shape index (κ1) is 15.6. The van der Waals surface area contributed by atoms with E-state index in [4.69, 9.17) is 9.47 Å². The molecule has 2 rings (SSSR count). The zero-order valence-corrected chi connectivity index (χ0v) is 13.0. The number of likely N-dealkylation sites (tertiary alicyclic amines) is 1. The zero-order valence-electron chi connectivity index (χ0n) is 13.0. The number of hydrogen-bond donors (Lipinski definition) is 0.